The number of H-pyrrole nitrogens is 1. The number of hydrogen-bond donors (Lipinski definition) is 2. The van der Waals surface area contributed by atoms with Gasteiger partial charge in [0.1, 0.15) is 5.82 Å². The lowest BCUT2D eigenvalue weighted by Gasteiger charge is -2.17. The summed E-state index contributed by atoms with van der Waals surface area (Å²) in [4.78, 5) is 8.31. The van der Waals surface area contributed by atoms with Crippen LogP contribution in [-0.4, -0.2) is 22.1 Å². The first-order valence-corrected chi connectivity index (χ1v) is 8.01. The third-order valence-corrected chi connectivity index (χ3v) is 5.19. The molecule has 1 aromatic carbocycles. The number of benzene rings is 1. The average molecular weight is 281 g/mol. The minimum Gasteiger partial charge on any atom is -0.342 e. The maximum Gasteiger partial charge on any atom is 0.111 e. The van der Waals surface area contributed by atoms with Gasteiger partial charge in [-0.2, -0.15) is 0 Å². The molecule has 0 aliphatic carbocycles. The Balaban J connectivity index is 1.69. The van der Waals surface area contributed by atoms with E-state index in [1.54, 1.807) is 0 Å². The molecule has 0 spiro atoms. The van der Waals surface area contributed by atoms with Crippen molar-refractivity contribution in [2.24, 2.45) is 0 Å². The number of fused-ring (bicyclic) bond motifs is 2. The quantitative estimate of drug-likeness (QED) is 0.883. The Kier molecular flexibility index (Phi) is 2.93. The van der Waals surface area contributed by atoms with E-state index in [9.17, 15) is 0 Å². The fourth-order valence-corrected chi connectivity index (χ4v) is 4.38. The minimum atomic E-state index is 0.573. The van der Waals surface area contributed by atoms with Crippen molar-refractivity contribution < 1.29 is 0 Å². The Morgan fingerprint density at radius 1 is 1.10 bits per heavy atom. The van der Waals surface area contributed by atoms with E-state index < -0.39 is 0 Å². The van der Waals surface area contributed by atoms with Gasteiger partial charge in [0.2, 0.25) is 0 Å². The first kappa shape index (κ1) is 13.1. The first-order valence-electron chi connectivity index (χ1n) is 8.01. The Labute approximate surface area is 126 Å². The van der Waals surface area contributed by atoms with Crippen LogP contribution in [0.3, 0.4) is 0 Å². The second-order valence-electron chi connectivity index (χ2n) is 6.85. The number of aromatic amines is 1. The van der Waals surface area contributed by atoms with Gasteiger partial charge in [0.05, 0.1) is 11.9 Å². The first-order chi connectivity index (χ1) is 10.1. The molecule has 3 atom stereocenters. The number of hydrogen-bond acceptors (Lipinski definition) is 2. The van der Waals surface area contributed by atoms with Gasteiger partial charge in [-0.25, -0.2) is 4.98 Å². The summed E-state index contributed by atoms with van der Waals surface area (Å²) in [5.74, 6) is 1.74. The molecule has 2 aliphatic rings. The summed E-state index contributed by atoms with van der Waals surface area (Å²) < 4.78 is 0. The van der Waals surface area contributed by atoms with Crippen LogP contribution in [0.4, 0.5) is 0 Å². The monoisotopic (exact) mass is 281 g/mol. The number of nitrogens with zero attached hydrogens (tertiary/aromatic N) is 1. The number of aromatic nitrogens is 2. The number of rotatable bonds is 2. The highest BCUT2D eigenvalue weighted by molar-refractivity contribution is 5.67. The summed E-state index contributed by atoms with van der Waals surface area (Å²) in [6.45, 7) is 6.53. The molecule has 2 aliphatic heterocycles. The third kappa shape index (κ3) is 2.11. The van der Waals surface area contributed by atoms with Gasteiger partial charge in [-0.15, -0.1) is 0 Å². The lowest BCUT2D eigenvalue weighted by molar-refractivity contribution is 0.490. The van der Waals surface area contributed by atoms with Crippen molar-refractivity contribution in [1.82, 2.24) is 15.3 Å². The van der Waals surface area contributed by atoms with Crippen LogP contribution >= 0.6 is 0 Å². The van der Waals surface area contributed by atoms with E-state index in [0.717, 1.165) is 6.04 Å². The molecule has 1 aromatic heterocycles. The molecule has 0 radical (unpaired) electrons. The minimum absolute atomic E-state index is 0.573. The molecule has 3 nitrogen and oxygen atoms in total. The standard InChI is InChI=1S/C18H23N3/c1-10-6-11(2)17(12(3)7-10)16-9-19-18(21-16)14-8-13-4-5-15(14)20-13/h6-7,9,13-15,20H,4-5,8H2,1-3H3,(H,19,21). The van der Waals surface area contributed by atoms with E-state index in [1.807, 2.05) is 6.20 Å². The van der Waals surface area contributed by atoms with E-state index in [2.05, 4.69) is 43.2 Å². The van der Waals surface area contributed by atoms with Gasteiger partial charge in [0, 0.05) is 23.6 Å². The Morgan fingerprint density at radius 3 is 2.48 bits per heavy atom. The predicted octanol–water partition coefficient (Wildman–Crippen LogP) is 3.61. The molecule has 3 unspecified atom stereocenters. The second-order valence-corrected chi connectivity index (χ2v) is 6.85. The van der Waals surface area contributed by atoms with Crippen LogP contribution in [0.15, 0.2) is 18.3 Å². The molecule has 110 valence electrons. The van der Waals surface area contributed by atoms with Crippen molar-refractivity contribution in [3.63, 3.8) is 0 Å². The van der Waals surface area contributed by atoms with Crippen molar-refractivity contribution >= 4 is 0 Å². The van der Waals surface area contributed by atoms with Gasteiger partial charge in [-0.3, -0.25) is 0 Å². The maximum atomic E-state index is 4.70. The molecule has 0 saturated carbocycles. The van der Waals surface area contributed by atoms with Gasteiger partial charge >= 0.3 is 0 Å². The Morgan fingerprint density at radius 2 is 1.86 bits per heavy atom. The summed E-state index contributed by atoms with van der Waals surface area (Å²) in [6.07, 6.45) is 5.90. The van der Waals surface area contributed by atoms with Crippen LogP contribution in [0.2, 0.25) is 0 Å². The molecule has 2 bridgehead atoms. The highest BCUT2D eigenvalue weighted by Gasteiger charge is 2.41. The van der Waals surface area contributed by atoms with Crippen molar-refractivity contribution in [2.75, 3.05) is 0 Å². The van der Waals surface area contributed by atoms with Gasteiger partial charge < -0.3 is 10.3 Å². The van der Waals surface area contributed by atoms with Crippen molar-refractivity contribution in [3.8, 4) is 11.3 Å². The fraction of sp³-hybridized carbons (Fsp3) is 0.500. The van der Waals surface area contributed by atoms with Crippen LogP contribution in [0.5, 0.6) is 0 Å². The average Bonchev–Trinajstić information content (AvgIpc) is 3.13. The summed E-state index contributed by atoms with van der Waals surface area (Å²) in [5.41, 5.74) is 6.46. The van der Waals surface area contributed by atoms with Gasteiger partial charge in [0.25, 0.3) is 0 Å². The smallest absolute Gasteiger partial charge is 0.111 e. The molecule has 3 heterocycles. The van der Waals surface area contributed by atoms with E-state index in [-0.39, 0.29) is 0 Å². The summed E-state index contributed by atoms with van der Waals surface area (Å²) >= 11 is 0. The molecule has 2 aromatic rings. The zero-order valence-electron chi connectivity index (χ0n) is 13.0. The van der Waals surface area contributed by atoms with Crippen molar-refractivity contribution in [2.45, 2.75) is 58.0 Å². The predicted molar refractivity (Wildman–Crippen MR) is 85.5 cm³/mol. The summed E-state index contributed by atoms with van der Waals surface area (Å²) in [6, 6.07) is 5.86. The zero-order valence-corrected chi connectivity index (χ0v) is 13.0. The highest BCUT2D eigenvalue weighted by atomic mass is 15.1. The second kappa shape index (κ2) is 4.70. The molecule has 3 heteroatoms. The van der Waals surface area contributed by atoms with Crippen LogP contribution in [0.1, 0.15) is 47.7 Å². The zero-order chi connectivity index (χ0) is 14.6. The third-order valence-electron chi connectivity index (χ3n) is 5.19. The molecule has 0 amide bonds. The Bertz CT molecular complexity index is 663. The molecule has 2 fully saturated rings. The van der Waals surface area contributed by atoms with E-state index in [4.69, 9.17) is 4.98 Å². The van der Waals surface area contributed by atoms with Crippen molar-refractivity contribution in [3.05, 3.63) is 40.8 Å². The summed E-state index contributed by atoms with van der Waals surface area (Å²) in [7, 11) is 0. The van der Waals surface area contributed by atoms with E-state index in [1.165, 1.54) is 53.0 Å². The van der Waals surface area contributed by atoms with E-state index >= 15 is 0 Å². The molecular formula is C18H23N3. The number of imidazole rings is 1. The Hall–Kier alpha value is -1.61. The van der Waals surface area contributed by atoms with Crippen LogP contribution in [0.25, 0.3) is 11.3 Å². The van der Waals surface area contributed by atoms with Crippen LogP contribution < -0.4 is 5.32 Å². The number of aryl methyl sites for hydroxylation is 3. The molecule has 2 saturated heterocycles. The lowest BCUT2D eigenvalue weighted by Crippen LogP contribution is -2.22. The molecule has 2 N–H and O–H groups in total. The summed E-state index contributed by atoms with van der Waals surface area (Å²) in [5, 5.41) is 3.70. The van der Waals surface area contributed by atoms with Gasteiger partial charge in [0.15, 0.2) is 0 Å². The normalized spacial score (nSPS) is 27.5. The largest absolute Gasteiger partial charge is 0.342 e. The van der Waals surface area contributed by atoms with Gasteiger partial charge in [-0.05, 0) is 51.2 Å². The molecular weight excluding hydrogens is 258 g/mol. The van der Waals surface area contributed by atoms with E-state index in [0.29, 0.717) is 12.0 Å². The SMILES string of the molecule is Cc1cc(C)c(-c2cnc(C3CC4CCC3N4)[nH]2)c(C)c1. The van der Waals surface area contributed by atoms with Crippen molar-refractivity contribution in [1.29, 1.82) is 0 Å². The lowest BCUT2D eigenvalue weighted by atomic mass is 9.89. The molecule has 4 rings (SSSR count). The van der Waals surface area contributed by atoms with Gasteiger partial charge in [-0.1, -0.05) is 17.7 Å². The van der Waals surface area contributed by atoms with Crippen LogP contribution in [0, 0.1) is 20.8 Å². The highest BCUT2D eigenvalue weighted by Crippen LogP contribution is 2.39. The number of nitrogens with one attached hydrogen (secondary N) is 2. The fourth-order valence-electron chi connectivity index (χ4n) is 4.38. The molecule has 21 heavy (non-hydrogen) atoms. The topological polar surface area (TPSA) is 40.7 Å². The maximum absolute atomic E-state index is 4.70. The van der Waals surface area contributed by atoms with Crippen LogP contribution in [-0.2, 0) is 0 Å².